The van der Waals surface area contributed by atoms with Crippen molar-refractivity contribution in [3.8, 4) is 0 Å². The van der Waals surface area contributed by atoms with Crippen LogP contribution in [0.1, 0.15) is 5.56 Å². The van der Waals surface area contributed by atoms with Crippen LogP contribution in [0.3, 0.4) is 0 Å². The third-order valence-electron chi connectivity index (χ3n) is 2.16. The molecule has 0 aliphatic carbocycles. The van der Waals surface area contributed by atoms with Gasteiger partial charge in [-0.3, -0.25) is 0 Å². The van der Waals surface area contributed by atoms with Gasteiger partial charge < -0.3 is 4.90 Å². The van der Waals surface area contributed by atoms with Crippen molar-refractivity contribution in [3.63, 3.8) is 0 Å². The minimum absolute atomic E-state index is 1.19. The molecular formula is C13H13N. The molecule has 0 atom stereocenters. The molecule has 0 aromatic heterocycles. The van der Waals surface area contributed by atoms with E-state index in [1.165, 1.54) is 11.3 Å². The fourth-order valence-electron chi connectivity index (χ4n) is 1.35. The lowest BCUT2D eigenvalue weighted by Crippen LogP contribution is -2.05. The summed E-state index contributed by atoms with van der Waals surface area (Å²) < 4.78 is 0. The molecule has 0 amide bonds. The summed E-state index contributed by atoms with van der Waals surface area (Å²) in [5.74, 6) is 0. The van der Waals surface area contributed by atoms with Gasteiger partial charge in [0.1, 0.15) is 0 Å². The first-order valence-corrected chi connectivity index (χ1v) is 4.73. The van der Waals surface area contributed by atoms with E-state index in [1.54, 1.807) is 0 Å². The summed E-state index contributed by atoms with van der Waals surface area (Å²) in [6, 6.07) is 8.48. The van der Waals surface area contributed by atoms with Gasteiger partial charge in [-0.2, -0.15) is 0 Å². The first-order valence-electron chi connectivity index (χ1n) is 4.73. The molecule has 0 saturated heterocycles. The average molecular weight is 183 g/mol. The Morgan fingerprint density at radius 2 is 1.36 bits per heavy atom. The van der Waals surface area contributed by atoms with Gasteiger partial charge in [0.25, 0.3) is 0 Å². The van der Waals surface area contributed by atoms with Crippen LogP contribution in [0.15, 0.2) is 61.0 Å². The van der Waals surface area contributed by atoms with E-state index in [4.69, 9.17) is 0 Å². The Bertz CT molecular complexity index is 366. The quantitative estimate of drug-likeness (QED) is 0.645. The van der Waals surface area contributed by atoms with Crippen LogP contribution in [0.25, 0.3) is 0 Å². The number of nitrogens with zero attached hydrogens (tertiary/aromatic N) is 1. The molecule has 0 bridgehead atoms. The molecule has 1 heteroatoms. The molecule has 0 fully saturated rings. The molecule has 1 aliphatic rings. The third-order valence-corrected chi connectivity index (χ3v) is 2.16. The van der Waals surface area contributed by atoms with Crippen molar-refractivity contribution in [2.45, 2.75) is 6.92 Å². The topological polar surface area (TPSA) is 3.24 Å². The molecule has 0 saturated carbocycles. The lowest BCUT2D eigenvalue weighted by Gasteiger charge is -2.14. The maximum Gasteiger partial charge on any atom is 0.0449 e. The van der Waals surface area contributed by atoms with E-state index < -0.39 is 0 Å². The lowest BCUT2D eigenvalue weighted by atomic mass is 10.2. The highest BCUT2D eigenvalue weighted by Gasteiger charge is 1.98. The van der Waals surface area contributed by atoms with Crippen LogP contribution in [0, 0.1) is 6.92 Å². The van der Waals surface area contributed by atoms with Crippen LogP contribution >= 0.6 is 0 Å². The molecule has 0 unspecified atom stereocenters. The second kappa shape index (κ2) is 3.97. The fraction of sp³-hybridized carbons (Fsp3) is 0.0769. The number of rotatable bonds is 1. The summed E-state index contributed by atoms with van der Waals surface area (Å²) in [4.78, 5) is 2.10. The molecule has 2 rings (SSSR count). The number of allylic oxidation sites excluding steroid dienone is 4. The Hall–Kier alpha value is -1.76. The first-order chi connectivity index (χ1) is 6.86. The normalized spacial score (nSPS) is 14.5. The van der Waals surface area contributed by atoms with Crippen molar-refractivity contribution in [3.05, 3.63) is 66.5 Å². The molecule has 1 aromatic rings. The monoisotopic (exact) mass is 183 g/mol. The average Bonchev–Trinajstić information content (AvgIpc) is 2.47. The molecular weight excluding hydrogens is 170 g/mol. The lowest BCUT2D eigenvalue weighted by molar-refractivity contribution is 1.28. The molecule has 1 aliphatic heterocycles. The largest absolute Gasteiger partial charge is 0.324 e. The van der Waals surface area contributed by atoms with E-state index in [2.05, 4.69) is 36.1 Å². The minimum Gasteiger partial charge on any atom is -0.324 e. The van der Waals surface area contributed by atoms with Crippen LogP contribution in [-0.2, 0) is 0 Å². The summed E-state index contributed by atoms with van der Waals surface area (Å²) in [6.07, 6.45) is 12.2. The molecule has 0 radical (unpaired) electrons. The maximum absolute atomic E-state index is 2.12. The van der Waals surface area contributed by atoms with Crippen molar-refractivity contribution in [1.29, 1.82) is 0 Å². The number of hydrogen-bond acceptors (Lipinski definition) is 1. The van der Waals surface area contributed by atoms with Gasteiger partial charge in [-0.15, -0.1) is 0 Å². The molecule has 70 valence electrons. The number of aryl methyl sites for hydroxylation is 1. The van der Waals surface area contributed by atoms with Gasteiger partial charge in [0, 0.05) is 18.1 Å². The van der Waals surface area contributed by atoms with Crippen molar-refractivity contribution < 1.29 is 0 Å². The zero-order valence-electron chi connectivity index (χ0n) is 8.22. The molecule has 1 aromatic carbocycles. The van der Waals surface area contributed by atoms with E-state index in [0.717, 1.165) is 0 Å². The van der Waals surface area contributed by atoms with Crippen molar-refractivity contribution >= 4 is 5.69 Å². The van der Waals surface area contributed by atoms with Crippen molar-refractivity contribution in [2.24, 2.45) is 0 Å². The Morgan fingerprint density at radius 3 is 1.93 bits per heavy atom. The number of hydrogen-bond donors (Lipinski definition) is 0. The molecule has 1 nitrogen and oxygen atoms in total. The SMILES string of the molecule is Cc1ccc(N2C=CC=CC=C2)cc1. The Labute approximate surface area is 84.7 Å². The Morgan fingerprint density at radius 1 is 0.786 bits per heavy atom. The zero-order chi connectivity index (χ0) is 9.80. The highest BCUT2D eigenvalue weighted by molar-refractivity contribution is 5.54. The van der Waals surface area contributed by atoms with Gasteiger partial charge in [0.05, 0.1) is 0 Å². The zero-order valence-corrected chi connectivity index (χ0v) is 8.22. The molecule has 1 heterocycles. The summed E-state index contributed by atoms with van der Waals surface area (Å²) in [5, 5.41) is 0. The van der Waals surface area contributed by atoms with E-state index in [-0.39, 0.29) is 0 Å². The number of benzene rings is 1. The summed E-state index contributed by atoms with van der Waals surface area (Å²) >= 11 is 0. The van der Waals surface area contributed by atoms with Crippen molar-refractivity contribution in [2.75, 3.05) is 4.90 Å². The highest BCUT2D eigenvalue weighted by atomic mass is 15.1. The van der Waals surface area contributed by atoms with Gasteiger partial charge in [0.15, 0.2) is 0 Å². The van der Waals surface area contributed by atoms with Gasteiger partial charge in [-0.05, 0) is 31.2 Å². The van der Waals surface area contributed by atoms with E-state index >= 15 is 0 Å². The second-order valence-electron chi connectivity index (χ2n) is 3.31. The molecule has 0 spiro atoms. The van der Waals surface area contributed by atoms with Crippen LogP contribution in [-0.4, -0.2) is 0 Å². The molecule has 14 heavy (non-hydrogen) atoms. The van der Waals surface area contributed by atoms with Crippen LogP contribution < -0.4 is 4.90 Å². The van der Waals surface area contributed by atoms with E-state index in [1.807, 2.05) is 36.7 Å². The Kier molecular flexibility index (Phi) is 2.50. The standard InChI is InChI=1S/C13H13N/c1-12-6-8-13(9-7-12)14-10-4-2-3-5-11-14/h2-11H,1H3. The van der Waals surface area contributed by atoms with Gasteiger partial charge in [-0.25, -0.2) is 0 Å². The van der Waals surface area contributed by atoms with Crippen molar-refractivity contribution in [1.82, 2.24) is 0 Å². The van der Waals surface area contributed by atoms with E-state index in [0.29, 0.717) is 0 Å². The van der Waals surface area contributed by atoms with Crippen LogP contribution in [0.4, 0.5) is 5.69 Å². The Balaban J connectivity index is 2.27. The molecule has 0 N–H and O–H groups in total. The highest BCUT2D eigenvalue weighted by Crippen LogP contribution is 2.16. The minimum atomic E-state index is 1.19. The predicted octanol–water partition coefficient (Wildman–Crippen LogP) is 3.40. The maximum atomic E-state index is 2.12. The van der Waals surface area contributed by atoms with Crippen LogP contribution in [0.2, 0.25) is 0 Å². The van der Waals surface area contributed by atoms with E-state index in [9.17, 15) is 0 Å². The predicted molar refractivity (Wildman–Crippen MR) is 61.1 cm³/mol. The number of anilines is 1. The van der Waals surface area contributed by atoms with Crippen LogP contribution in [0.5, 0.6) is 0 Å². The first kappa shape index (κ1) is 8.82. The fourth-order valence-corrected chi connectivity index (χ4v) is 1.35. The summed E-state index contributed by atoms with van der Waals surface area (Å²) in [7, 11) is 0. The third kappa shape index (κ3) is 1.94. The van der Waals surface area contributed by atoms with Gasteiger partial charge in [0.2, 0.25) is 0 Å². The smallest absolute Gasteiger partial charge is 0.0449 e. The summed E-state index contributed by atoms with van der Waals surface area (Å²) in [5.41, 5.74) is 2.47. The summed E-state index contributed by atoms with van der Waals surface area (Å²) in [6.45, 7) is 2.10. The van der Waals surface area contributed by atoms with Gasteiger partial charge in [-0.1, -0.05) is 29.8 Å². The second-order valence-corrected chi connectivity index (χ2v) is 3.31. The van der Waals surface area contributed by atoms with Gasteiger partial charge >= 0.3 is 0 Å².